The molecule has 0 bridgehead atoms. The second kappa shape index (κ2) is 7.62. The predicted molar refractivity (Wildman–Crippen MR) is 106 cm³/mol. The van der Waals surface area contributed by atoms with Crippen LogP contribution in [0.1, 0.15) is 0 Å². The lowest BCUT2D eigenvalue weighted by Crippen LogP contribution is -3.00. The zero-order valence-electron chi connectivity index (χ0n) is 15.0. The third kappa shape index (κ3) is 3.04. The van der Waals surface area contributed by atoms with Gasteiger partial charge in [0.2, 0.25) is 0 Å². The number of hydrogen-bond donors (Lipinski definition) is 0. The first-order valence-electron chi connectivity index (χ1n) is 8.89. The van der Waals surface area contributed by atoms with Gasteiger partial charge in [0.25, 0.3) is 0 Å². The second-order valence-corrected chi connectivity index (χ2v) is 6.31. The number of aromatic nitrogens is 4. The molecule has 0 N–H and O–H groups in total. The van der Waals surface area contributed by atoms with Crippen LogP contribution in [0, 0.1) is 0 Å². The summed E-state index contributed by atoms with van der Waals surface area (Å²) in [4.78, 5) is 1.85. The number of hydrogen-bond acceptors (Lipinski definition) is 2. The first-order chi connectivity index (χ1) is 13.4. The molecule has 5 heteroatoms. The van der Waals surface area contributed by atoms with Gasteiger partial charge in [0.05, 0.1) is 5.56 Å². The maximum Gasteiger partial charge on any atom is 0.337 e. The van der Waals surface area contributed by atoms with E-state index in [-0.39, 0.29) is 12.4 Å². The minimum absolute atomic E-state index is 0. The van der Waals surface area contributed by atoms with Crippen LogP contribution in [0.3, 0.4) is 0 Å². The molecule has 4 aromatic carbocycles. The number of benzene rings is 4. The van der Waals surface area contributed by atoms with Gasteiger partial charge in [0, 0.05) is 5.39 Å². The van der Waals surface area contributed by atoms with Crippen molar-refractivity contribution in [2.75, 3.05) is 0 Å². The Labute approximate surface area is 169 Å². The van der Waals surface area contributed by atoms with E-state index in [2.05, 4.69) is 69.6 Å². The van der Waals surface area contributed by atoms with E-state index in [0.29, 0.717) is 0 Å². The Hall–Kier alpha value is -3.50. The lowest BCUT2D eigenvalue weighted by atomic mass is 10.1. The van der Waals surface area contributed by atoms with E-state index in [1.54, 1.807) is 0 Å². The van der Waals surface area contributed by atoms with Crippen LogP contribution in [0.25, 0.3) is 33.5 Å². The average molecular weight is 385 g/mol. The van der Waals surface area contributed by atoms with Crippen molar-refractivity contribution in [1.29, 1.82) is 0 Å². The maximum absolute atomic E-state index is 4.52. The molecule has 0 unspecified atom stereocenters. The molecule has 0 radical (unpaired) electrons. The Bertz CT molecular complexity index is 1160. The van der Waals surface area contributed by atoms with E-state index in [4.69, 9.17) is 0 Å². The lowest BCUT2D eigenvalue weighted by Gasteiger charge is -2.08. The summed E-state index contributed by atoms with van der Waals surface area (Å²) in [5.74, 6) is 0.802. The van der Waals surface area contributed by atoms with Crippen molar-refractivity contribution >= 4 is 10.8 Å². The first kappa shape index (κ1) is 17.9. The zero-order chi connectivity index (χ0) is 18.1. The minimum Gasteiger partial charge on any atom is -1.00 e. The van der Waals surface area contributed by atoms with E-state index >= 15 is 0 Å². The Morgan fingerprint density at radius 1 is 0.643 bits per heavy atom. The molecule has 1 heterocycles. The van der Waals surface area contributed by atoms with Gasteiger partial charge in [-0.3, -0.25) is 0 Å². The van der Waals surface area contributed by atoms with E-state index in [0.717, 1.165) is 28.1 Å². The molecule has 136 valence electrons. The van der Waals surface area contributed by atoms with Crippen LogP contribution < -0.4 is 17.1 Å². The highest BCUT2D eigenvalue weighted by Crippen LogP contribution is 2.22. The molecule has 1 aromatic heterocycles. The second-order valence-electron chi connectivity index (χ2n) is 6.31. The summed E-state index contributed by atoms with van der Waals surface area (Å²) >= 11 is 0. The number of halogens is 1. The van der Waals surface area contributed by atoms with E-state index < -0.39 is 0 Å². The van der Waals surface area contributed by atoms with Crippen molar-refractivity contribution < 1.29 is 17.1 Å². The van der Waals surface area contributed by atoms with Gasteiger partial charge in [-0.15, -0.1) is 4.68 Å². The van der Waals surface area contributed by atoms with Crippen molar-refractivity contribution in [2.45, 2.75) is 0 Å². The molecule has 5 rings (SSSR count). The van der Waals surface area contributed by atoms with Gasteiger partial charge in [-0.2, -0.15) is 0 Å². The SMILES string of the molecule is [Cl-].c1ccc(-c2nnn(-c3ccccc3)[n+]2-c2cccc3ccccc23)cc1. The Balaban J connectivity index is 0.00000192. The third-order valence-electron chi connectivity index (χ3n) is 4.63. The Morgan fingerprint density at radius 3 is 2.07 bits per heavy atom. The largest absolute Gasteiger partial charge is 1.00 e. The van der Waals surface area contributed by atoms with Crippen molar-refractivity contribution in [3.8, 4) is 22.8 Å². The summed E-state index contributed by atoms with van der Waals surface area (Å²) in [5.41, 5.74) is 3.02. The van der Waals surface area contributed by atoms with Gasteiger partial charge in [-0.1, -0.05) is 72.8 Å². The molecule has 0 fully saturated rings. The van der Waals surface area contributed by atoms with Crippen molar-refractivity contribution in [3.05, 3.63) is 103 Å². The number of rotatable bonds is 3. The highest BCUT2D eigenvalue weighted by atomic mass is 35.5. The average Bonchev–Trinajstić information content (AvgIpc) is 3.19. The summed E-state index contributed by atoms with van der Waals surface area (Å²) in [6.45, 7) is 0. The monoisotopic (exact) mass is 384 g/mol. The summed E-state index contributed by atoms with van der Waals surface area (Å²) in [5, 5.41) is 11.3. The van der Waals surface area contributed by atoms with Crippen LogP contribution in [0.4, 0.5) is 0 Å². The number of fused-ring (bicyclic) bond motifs is 1. The molecule has 0 aliphatic rings. The molecule has 0 aliphatic carbocycles. The fourth-order valence-corrected chi connectivity index (χ4v) is 3.36. The normalized spacial score (nSPS) is 10.6. The topological polar surface area (TPSA) is 34.6 Å². The van der Waals surface area contributed by atoms with E-state index in [9.17, 15) is 0 Å². The molecule has 0 aliphatic heterocycles. The molecule has 5 aromatic rings. The molecule has 0 spiro atoms. The quantitative estimate of drug-likeness (QED) is 0.440. The van der Waals surface area contributed by atoms with Crippen LogP contribution >= 0.6 is 0 Å². The summed E-state index contributed by atoms with van der Waals surface area (Å²) in [7, 11) is 0. The van der Waals surface area contributed by atoms with Crippen molar-refractivity contribution in [1.82, 2.24) is 15.1 Å². The van der Waals surface area contributed by atoms with Gasteiger partial charge >= 0.3 is 5.82 Å². The minimum atomic E-state index is 0. The molecule has 4 nitrogen and oxygen atoms in total. The summed E-state index contributed by atoms with van der Waals surface area (Å²) < 4.78 is 2.08. The Morgan fingerprint density at radius 2 is 1.29 bits per heavy atom. The molecule has 0 saturated carbocycles. The smallest absolute Gasteiger partial charge is 0.337 e. The molecule has 0 atom stereocenters. The fourth-order valence-electron chi connectivity index (χ4n) is 3.36. The van der Waals surface area contributed by atoms with Crippen molar-refractivity contribution in [2.24, 2.45) is 0 Å². The van der Waals surface area contributed by atoms with Crippen LogP contribution in [0.5, 0.6) is 0 Å². The van der Waals surface area contributed by atoms with Crippen LogP contribution in [0.15, 0.2) is 103 Å². The van der Waals surface area contributed by atoms with Gasteiger partial charge in [-0.25, -0.2) is 0 Å². The predicted octanol–water partition coefficient (Wildman–Crippen LogP) is 1.37. The van der Waals surface area contributed by atoms with Crippen LogP contribution in [-0.4, -0.2) is 15.1 Å². The van der Waals surface area contributed by atoms with Crippen molar-refractivity contribution in [3.63, 3.8) is 0 Å². The number of para-hydroxylation sites is 1. The fraction of sp³-hybridized carbons (Fsp3) is 0. The standard InChI is InChI=1S/C23H17N4.ClH/c1-3-11-19(12-4-1)23-24-25-27(20-14-5-2-6-15-20)26(23)22-17-9-13-18-10-7-8-16-21(18)22;/h1-17H;1H/q+1;/p-1. The molecule has 0 amide bonds. The maximum atomic E-state index is 4.52. The molecular weight excluding hydrogens is 368 g/mol. The molecular formula is C23H17ClN4. The first-order valence-corrected chi connectivity index (χ1v) is 8.89. The van der Waals surface area contributed by atoms with E-state index in [1.807, 2.05) is 53.3 Å². The highest BCUT2D eigenvalue weighted by Gasteiger charge is 2.26. The Kier molecular flexibility index (Phi) is 4.87. The third-order valence-corrected chi connectivity index (χ3v) is 4.63. The van der Waals surface area contributed by atoms with Gasteiger partial charge in [0.15, 0.2) is 5.21 Å². The molecule has 28 heavy (non-hydrogen) atoms. The van der Waals surface area contributed by atoms with Gasteiger partial charge < -0.3 is 12.4 Å². The van der Waals surface area contributed by atoms with E-state index in [1.165, 1.54) is 5.39 Å². The van der Waals surface area contributed by atoms with Gasteiger partial charge in [-0.05, 0) is 40.5 Å². The summed E-state index contributed by atoms with van der Waals surface area (Å²) in [6.07, 6.45) is 0. The zero-order valence-corrected chi connectivity index (χ0v) is 15.7. The van der Waals surface area contributed by atoms with Crippen LogP contribution in [-0.2, 0) is 0 Å². The lowest BCUT2D eigenvalue weighted by molar-refractivity contribution is -0.668. The summed E-state index contributed by atoms with van der Waals surface area (Å²) in [6, 6.07) is 34.9. The molecule has 0 saturated heterocycles. The number of nitrogens with zero attached hydrogens (tertiary/aromatic N) is 4. The van der Waals surface area contributed by atoms with Gasteiger partial charge in [0.1, 0.15) is 16.5 Å². The number of tetrazole rings is 1. The van der Waals surface area contributed by atoms with Crippen LogP contribution in [0.2, 0.25) is 0 Å². The highest BCUT2D eigenvalue weighted by molar-refractivity contribution is 5.88.